The normalized spacial score (nSPS) is 12.5. The minimum atomic E-state index is -0.150. The van der Waals surface area contributed by atoms with Gasteiger partial charge in [-0.25, -0.2) is 0 Å². The summed E-state index contributed by atoms with van der Waals surface area (Å²) in [5, 5.41) is 2.08. The zero-order chi connectivity index (χ0) is 13.3. The average molecular weight is 326 g/mol. The second-order valence-electron chi connectivity index (χ2n) is 4.36. The van der Waals surface area contributed by atoms with Crippen LogP contribution in [0.1, 0.15) is 28.3 Å². The molecule has 2 rings (SSSR count). The lowest BCUT2D eigenvalue weighted by Crippen LogP contribution is -2.14. The fourth-order valence-corrected chi connectivity index (χ4v) is 3.37. The molecule has 18 heavy (non-hydrogen) atoms. The molecule has 4 heteroatoms. The molecule has 96 valence electrons. The summed E-state index contributed by atoms with van der Waals surface area (Å²) in [5.41, 5.74) is 10.9. The van der Waals surface area contributed by atoms with Gasteiger partial charge in [-0.15, -0.1) is 11.3 Å². The van der Waals surface area contributed by atoms with Crippen LogP contribution in [-0.4, -0.2) is 7.11 Å². The minimum absolute atomic E-state index is 0.150. The Kier molecular flexibility index (Phi) is 4.10. The number of thiophene rings is 1. The van der Waals surface area contributed by atoms with Crippen LogP contribution in [0.4, 0.5) is 0 Å². The Bertz CT molecular complexity index is 565. The lowest BCUT2D eigenvalue weighted by molar-refractivity contribution is 0.407. The van der Waals surface area contributed by atoms with Crippen molar-refractivity contribution in [3.63, 3.8) is 0 Å². The molecular formula is C14H16BrNOS. The molecule has 1 atom stereocenters. The Balaban J connectivity index is 2.50. The van der Waals surface area contributed by atoms with Crippen LogP contribution in [0.2, 0.25) is 0 Å². The van der Waals surface area contributed by atoms with Gasteiger partial charge in [-0.3, -0.25) is 0 Å². The summed E-state index contributed by atoms with van der Waals surface area (Å²) < 4.78 is 6.56. The molecule has 0 spiro atoms. The Hall–Kier alpha value is -0.840. The second kappa shape index (κ2) is 5.43. The van der Waals surface area contributed by atoms with E-state index < -0.39 is 0 Å². The summed E-state index contributed by atoms with van der Waals surface area (Å²) in [6, 6.07) is 6.08. The Labute approximate surface area is 120 Å². The van der Waals surface area contributed by atoms with E-state index in [4.69, 9.17) is 10.5 Å². The molecule has 1 heterocycles. The molecule has 0 aliphatic rings. The van der Waals surface area contributed by atoms with Gasteiger partial charge in [0.25, 0.3) is 0 Å². The minimum Gasteiger partial charge on any atom is -0.496 e. The molecule has 0 saturated carbocycles. The summed E-state index contributed by atoms with van der Waals surface area (Å²) in [6.07, 6.45) is 0. The smallest absolute Gasteiger partial charge is 0.124 e. The number of hydrogen-bond acceptors (Lipinski definition) is 3. The molecule has 0 amide bonds. The molecule has 2 nitrogen and oxygen atoms in total. The van der Waals surface area contributed by atoms with Crippen molar-refractivity contribution >= 4 is 27.3 Å². The van der Waals surface area contributed by atoms with Gasteiger partial charge in [0.2, 0.25) is 0 Å². The zero-order valence-electron chi connectivity index (χ0n) is 10.7. The van der Waals surface area contributed by atoms with Gasteiger partial charge >= 0.3 is 0 Å². The van der Waals surface area contributed by atoms with Gasteiger partial charge in [0, 0.05) is 5.56 Å². The number of nitrogens with two attached hydrogens (primary N) is 1. The zero-order valence-corrected chi connectivity index (χ0v) is 13.1. The molecule has 1 aromatic carbocycles. The van der Waals surface area contributed by atoms with Crippen LogP contribution in [0.25, 0.3) is 0 Å². The fraction of sp³-hybridized carbons (Fsp3) is 0.286. The highest BCUT2D eigenvalue weighted by Crippen LogP contribution is 2.35. The van der Waals surface area contributed by atoms with Gasteiger partial charge in [-0.05, 0) is 64.0 Å². The van der Waals surface area contributed by atoms with Gasteiger partial charge in [-0.1, -0.05) is 6.07 Å². The molecule has 0 saturated heterocycles. The second-order valence-corrected chi connectivity index (χ2v) is 6.65. The number of rotatable bonds is 3. The van der Waals surface area contributed by atoms with Crippen molar-refractivity contribution in [2.45, 2.75) is 19.9 Å². The summed E-state index contributed by atoms with van der Waals surface area (Å²) in [7, 11) is 1.69. The highest BCUT2D eigenvalue weighted by atomic mass is 79.9. The van der Waals surface area contributed by atoms with Crippen LogP contribution in [0.3, 0.4) is 0 Å². The van der Waals surface area contributed by atoms with Gasteiger partial charge in [0.05, 0.1) is 16.9 Å². The van der Waals surface area contributed by atoms with E-state index >= 15 is 0 Å². The van der Waals surface area contributed by atoms with E-state index in [0.717, 1.165) is 20.7 Å². The topological polar surface area (TPSA) is 35.2 Å². The van der Waals surface area contributed by atoms with E-state index in [1.807, 2.05) is 6.07 Å². The number of methoxy groups -OCH3 is 1. The van der Waals surface area contributed by atoms with Crippen LogP contribution >= 0.6 is 27.3 Å². The van der Waals surface area contributed by atoms with Gasteiger partial charge < -0.3 is 10.5 Å². The van der Waals surface area contributed by atoms with Crippen molar-refractivity contribution < 1.29 is 4.74 Å². The van der Waals surface area contributed by atoms with E-state index in [9.17, 15) is 0 Å². The molecule has 0 radical (unpaired) electrons. The molecule has 1 unspecified atom stereocenters. The van der Waals surface area contributed by atoms with Crippen LogP contribution in [0.5, 0.6) is 5.75 Å². The highest BCUT2D eigenvalue weighted by molar-refractivity contribution is 9.11. The monoisotopic (exact) mass is 325 g/mol. The van der Waals surface area contributed by atoms with E-state index in [0.29, 0.717) is 0 Å². The molecule has 0 bridgehead atoms. The van der Waals surface area contributed by atoms with Crippen molar-refractivity contribution in [2.75, 3.05) is 7.11 Å². The largest absolute Gasteiger partial charge is 0.496 e. The van der Waals surface area contributed by atoms with E-state index in [1.165, 1.54) is 11.1 Å². The predicted molar refractivity (Wildman–Crippen MR) is 80.5 cm³/mol. The maximum atomic E-state index is 6.36. The molecule has 0 aliphatic heterocycles. The van der Waals surface area contributed by atoms with Crippen LogP contribution < -0.4 is 10.5 Å². The maximum Gasteiger partial charge on any atom is 0.124 e. The summed E-state index contributed by atoms with van der Waals surface area (Å²) in [6.45, 7) is 4.14. The Morgan fingerprint density at radius 2 is 2.00 bits per heavy atom. The third kappa shape index (κ3) is 2.60. The molecule has 1 aromatic heterocycles. The van der Waals surface area contributed by atoms with Gasteiger partial charge in [-0.2, -0.15) is 0 Å². The van der Waals surface area contributed by atoms with E-state index in [-0.39, 0.29) is 6.04 Å². The highest BCUT2D eigenvalue weighted by Gasteiger charge is 2.18. The number of hydrogen-bond donors (Lipinski definition) is 1. The molecule has 0 aliphatic carbocycles. The number of halogens is 1. The van der Waals surface area contributed by atoms with Crippen molar-refractivity contribution in [3.8, 4) is 5.75 Å². The first kappa shape index (κ1) is 13.6. The van der Waals surface area contributed by atoms with Crippen molar-refractivity contribution in [1.29, 1.82) is 0 Å². The van der Waals surface area contributed by atoms with Crippen molar-refractivity contribution in [2.24, 2.45) is 5.73 Å². The fourth-order valence-electron chi connectivity index (χ4n) is 2.16. The Morgan fingerprint density at radius 1 is 1.28 bits per heavy atom. The summed E-state index contributed by atoms with van der Waals surface area (Å²) >= 11 is 5.12. The van der Waals surface area contributed by atoms with Crippen molar-refractivity contribution in [3.05, 3.63) is 49.6 Å². The van der Waals surface area contributed by atoms with Crippen LogP contribution in [0, 0.1) is 13.8 Å². The van der Waals surface area contributed by atoms with Gasteiger partial charge in [0.15, 0.2) is 0 Å². The lowest BCUT2D eigenvalue weighted by atomic mass is 9.95. The maximum absolute atomic E-state index is 6.36. The Morgan fingerprint density at radius 3 is 2.56 bits per heavy atom. The average Bonchev–Trinajstić information content (AvgIpc) is 2.74. The first-order valence-corrected chi connectivity index (χ1v) is 7.35. The number of aryl methyl sites for hydroxylation is 2. The van der Waals surface area contributed by atoms with Crippen LogP contribution in [-0.2, 0) is 0 Å². The number of benzene rings is 1. The summed E-state index contributed by atoms with van der Waals surface area (Å²) in [4.78, 5) is 0. The third-order valence-corrected chi connectivity index (χ3v) is 4.49. The predicted octanol–water partition coefficient (Wildman–Crippen LogP) is 4.18. The third-order valence-electron chi connectivity index (χ3n) is 2.97. The molecular weight excluding hydrogens is 310 g/mol. The van der Waals surface area contributed by atoms with Crippen molar-refractivity contribution in [1.82, 2.24) is 0 Å². The quantitative estimate of drug-likeness (QED) is 0.918. The van der Waals surface area contributed by atoms with E-state index in [1.54, 1.807) is 18.4 Å². The standard InChI is InChI=1S/C14H16BrNOS/c1-8-4-9(2)13(11(5-8)17-3)14(16)10-6-12(15)18-7-10/h4-7,14H,16H2,1-3H3. The molecule has 2 aromatic rings. The SMILES string of the molecule is COc1cc(C)cc(C)c1C(N)c1csc(Br)c1. The first-order valence-electron chi connectivity index (χ1n) is 5.67. The molecule has 0 fully saturated rings. The molecule has 2 N–H and O–H groups in total. The number of ether oxygens (including phenoxy) is 1. The van der Waals surface area contributed by atoms with Crippen LogP contribution in [0.15, 0.2) is 27.4 Å². The summed E-state index contributed by atoms with van der Waals surface area (Å²) in [5.74, 6) is 0.863. The first-order chi connectivity index (χ1) is 8.52. The van der Waals surface area contributed by atoms with E-state index in [2.05, 4.69) is 47.3 Å². The lowest BCUT2D eigenvalue weighted by Gasteiger charge is -2.18. The van der Waals surface area contributed by atoms with Gasteiger partial charge in [0.1, 0.15) is 5.75 Å².